The van der Waals surface area contributed by atoms with Crippen molar-refractivity contribution >= 4 is 31.9 Å². The minimum Gasteiger partial charge on any atom is -0.493 e. The first-order chi connectivity index (χ1) is 9.81. The summed E-state index contributed by atoms with van der Waals surface area (Å²) in [4.78, 5) is 11.0. The van der Waals surface area contributed by atoms with Gasteiger partial charge in [0.05, 0.1) is 16.0 Å². The van der Waals surface area contributed by atoms with Gasteiger partial charge in [-0.3, -0.25) is 4.79 Å². The summed E-state index contributed by atoms with van der Waals surface area (Å²) >= 11 is 3.23. The molecule has 0 saturated heterocycles. The first kappa shape index (κ1) is 17.9. The Morgan fingerprint density at radius 1 is 1.43 bits per heavy atom. The van der Waals surface area contributed by atoms with Crippen LogP contribution in [0, 0.1) is 0 Å². The summed E-state index contributed by atoms with van der Waals surface area (Å²) in [6.45, 7) is 4.07. The van der Waals surface area contributed by atoms with Gasteiger partial charge in [-0.2, -0.15) is 4.72 Å². The van der Waals surface area contributed by atoms with Crippen molar-refractivity contribution in [3.63, 3.8) is 0 Å². The number of hydrogen-bond donors (Lipinski definition) is 2. The van der Waals surface area contributed by atoms with Crippen LogP contribution in [0.15, 0.2) is 27.6 Å². The zero-order chi connectivity index (χ0) is 16.0. The number of ether oxygens (including phenoxy) is 1. The van der Waals surface area contributed by atoms with E-state index < -0.39 is 22.0 Å². The van der Waals surface area contributed by atoms with Gasteiger partial charge in [0.25, 0.3) is 0 Å². The molecular formula is C13H18BrNO5S. The molecule has 1 unspecified atom stereocenters. The zero-order valence-electron chi connectivity index (χ0n) is 11.8. The van der Waals surface area contributed by atoms with Crippen molar-refractivity contribution in [2.75, 3.05) is 6.61 Å². The van der Waals surface area contributed by atoms with Crippen LogP contribution in [0.3, 0.4) is 0 Å². The van der Waals surface area contributed by atoms with Crippen molar-refractivity contribution < 1.29 is 23.1 Å². The van der Waals surface area contributed by atoms with E-state index in [9.17, 15) is 13.2 Å². The lowest BCUT2D eigenvalue weighted by atomic mass is 10.2. The van der Waals surface area contributed by atoms with E-state index in [1.54, 1.807) is 6.92 Å². The number of aliphatic carboxylic acids is 1. The molecule has 1 atom stereocenters. The summed E-state index contributed by atoms with van der Waals surface area (Å²) in [5.41, 5.74) is 0. The van der Waals surface area contributed by atoms with Gasteiger partial charge in [0.2, 0.25) is 10.0 Å². The highest BCUT2D eigenvalue weighted by molar-refractivity contribution is 9.10. The van der Waals surface area contributed by atoms with Crippen LogP contribution >= 0.6 is 15.9 Å². The number of halogens is 1. The fourth-order valence-corrected chi connectivity index (χ4v) is 3.59. The van der Waals surface area contributed by atoms with Gasteiger partial charge in [-0.25, -0.2) is 8.42 Å². The van der Waals surface area contributed by atoms with E-state index in [2.05, 4.69) is 20.7 Å². The molecule has 0 bridgehead atoms. The quantitative estimate of drug-likeness (QED) is 0.723. The molecule has 2 N–H and O–H groups in total. The van der Waals surface area contributed by atoms with E-state index >= 15 is 0 Å². The molecule has 8 heteroatoms. The van der Waals surface area contributed by atoms with Gasteiger partial charge in [-0.1, -0.05) is 13.3 Å². The van der Waals surface area contributed by atoms with E-state index in [1.165, 1.54) is 18.2 Å². The first-order valence-corrected chi connectivity index (χ1v) is 8.77. The maximum absolute atomic E-state index is 12.2. The molecule has 0 heterocycles. The molecule has 0 radical (unpaired) electrons. The molecule has 0 aliphatic carbocycles. The fourth-order valence-electron chi connectivity index (χ4n) is 1.70. The molecule has 1 aromatic rings. The normalized spacial score (nSPS) is 12.9. The van der Waals surface area contributed by atoms with Crippen LogP contribution in [-0.4, -0.2) is 32.1 Å². The van der Waals surface area contributed by atoms with Gasteiger partial charge in [0.15, 0.2) is 0 Å². The molecule has 0 amide bonds. The summed E-state index contributed by atoms with van der Waals surface area (Å²) in [5, 5.41) is 9.03. The number of nitrogens with one attached hydrogen (secondary N) is 1. The lowest BCUT2D eigenvalue weighted by Gasteiger charge is -2.14. The number of carbonyl (C=O) groups is 1. The van der Waals surface area contributed by atoms with E-state index in [-0.39, 0.29) is 11.3 Å². The topological polar surface area (TPSA) is 92.7 Å². The molecule has 0 aliphatic heterocycles. The number of sulfonamides is 1. The Morgan fingerprint density at radius 3 is 2.57 bits per heavy atom. The minimum absolute atomic E-state index is 0.0137. The van der Waals surface area contributed by atoms with Gasteiger partial charge in [-0.15, -0.1) is 0 Å². The number of hydrogen-bond acceptors (Lipinski definition) is 4. The lowest BCUT2D eigenvalue weighted by molar-refractivity contribution is -0.139. The second-order valence-electron chi connectivity index (χ2n) is 4.33. The van der Waals surface area contributed by atoms with E-state index in [4.69, 9.17) is 9.84 Å². The Hall–Kier alpha value is -1.12. The van der Waals surface area contributed by atoms with E-state index in [1.807, 2.05) is 6.92 Å². The first-order valence-electron chi connectivity index (χ1n) is 6.49. The Kier molecular flexibility index (Phi) is 6.63. The molecule has 1 rings (SSSR count). The zero-order valence-corrected chi connectivity index (χ0v) is 14.2. The average Bonchev–Trinajstić information content (AvgIpc) is 2.40. The molecule has 0 aliphatic rings. The second-order valence-corrected chi connectivity index (χ2v) is 6.89. The van der Waals surface area contributed by atoms with Crippen LogP contribution in [0.1, 0.15) is 26.7 Å². The molecule has 1 aromatic carbocycles. The number of rotatable bonds is 8. The SMILES string of the molecule is CCCC(NS(=O)(=O)c1ccc(OCC)c(Br)c1)C(=O)O. The Labute approximate surface area is 132 Å². The summed E-state index contributed by atoms with van der Waals surface area (Å²) in [6.07, 6.45) is 0.791. The van der Waals surface area contributed by atoms with Gasteiger partial charge < -0.3 is 9.84 Å². The molecule has 6 nitrogen and oxygen atoms in total. The number of benzene rings is 1. The molecule has 118 valence electrons. The predicted molar refractivity (Wildman–Crippen MR) is 82.0 cm³/mol. The molecule has 0 aromatic heterocycles. The minimum atomic E-state index is -3.90. The van der Waals surface area contributed by atoms with Crippen LogP contribution in [0.2, 0.25) is 0 Å². The Bertz CT molecular complexity index is 603. The smallest absolute Gasteiger partial charge is 0.321 e. The largest absolute Gasteiger partial charge is 0.493 e. The molecule has 0 saturated carbocycles. The number of carboxylic acid groups (broad SMARTS) is 1. The van der Waals surface area contributed by atoms with Crippen LogP contribution in [0.5, 0.6) is 5.75 Å². The maximum Gasteiger partial charge on any atom is 0.321 e. The Balaban J connectivity index is 3.02. The second kappa shape index (κ2) is 7.77. The summed E-state index contributed by atoms with van der Waals surface area (Å²) in [6, 6.07) is 3.16. The van der Waals surface area contributed by atoms with E-state index in [0.717, 1.165) is 0 Å². The van der Waals surface area contributed by atoms with Crippen molar-refractivity contribution in [2.24, 2.45) is 0 Å². The lowest BCUT2D eigenvalue weighted by Crippen LogP contribution is -2.40. The number of carboxylic acids is 1. The van der Waals surface area contributed by atoms with Crippen LogP contribution in [0.4, 0.5) is 0 Å². The highest BCUT2D eigenvalue weighted by Gasteiger charge is 2.25. The third-order valence-corrected chi connectivity index (χ3v) is 4.78. The average molecular weight is 380 g/mol. The van der Waals surface area contributed by atoms with Crippen molar-refractivity contribution in [3.8, 4) is 5.75 Å². The highest BCUT2D eigenvalue weighted by Crippen LogP contribution is 2.27. The predicted octanol–water partition coefficient (Wildman–Crippen LogP) is 2.38. The van der Waals surface area contributed by atoms with Crippen molar-refractivity contribution in [2.45, 2.75) is 37.6 Å². The molecular weight excluding hydrogens is 362 g/mol. The Morgan fingerprint density at radius 2 is 2.10 bits per heavy atom. The van der Waals surface area contributed by atoms with Gasteiger partial charge in [0.1, 0.15) is 11.8 Å². The summed E-state index contributed by atoms with van der Waals surface area (Å²) in [5.74, 6) is -0.662. The molecule has 0 spiro atoms. The van der Waals surface area contributed by atoms with Gasteiger partial charge >= 0.3 is 5.97 Å². The summed E-state index contributed by atoms with van der Waals surface area (Å²) in [7, 11) is -3.90. The van der Waals surface area contributed by atoms with Crippen molar-refractivity contribution in [1.29, 1.82) is 0 Å². The van der Waals surface area contributed by atoms with Crippen molar-refractivity contribution in [1.82, 2.24) is 4.72 Å². The van der Waals surface area contributed by atoms with Crippen LogP contribution < -0.4 is 9.46 Å². The van der Waals surface area contributed by atoms with Gasteiger partial charge in [0, 0.05) is 0 Å². The van der Waals surface area contributed by atoms with Gasteiger partial charge in [-0.05, 0) is 47.5 Å². The third-order valence-electron chi connectivity index (χ3n) is 2.69. The highest BCUT2D eigenvalue weighted by atomic mass is 79.9. The van der Waals surface area contributed by atoms with E-state index in [0.29, 0.717) is 23.2 Å². The van der Waals surface area contributed by atoms with Crippen molar-refractivity contribution in [3.05, 3.63) is 22.7 Å². The fraction of sp³-hybridized carbons (Fsp3) is 0.462. The maximum atomic E-state index is 12.2. The standard InChI is InChI=1S/C13H18BrNO5S/c1-3-5-11(13(16)17)15-21(18,19)9-6-7-12(20-4-2)10(14)8-9/h6-8,11,15H,3-5H2,1-2H3,(H,16,17). The third kappa shape index (κ3) is 4.98. The summed E-state index contributed by atoms with van der Waals surface area (Å²) < 4.78 is 32.4. The van der Waals surface area contributed by atoms with Crippen LogP contribution in [-0.2, 0) is 14.8 Å². The molecule has 21 heavy (non-hydrogen) atoms. The van der Waals surface area contributed by atoms with Crippen LogP contribution in [0.25, 0.3) is 0 Å². The monoisotopic (exact) mass is 379 g/mol. The molecule has 0 fully saturated rings.